The van der Waals surface area contributed by atoms with Crippen LogP contribution in [0.4, 0.5) is 0 Å². The summed E-state index contributed by atoms with van der Waals surface area (Å²) >= 11 is 0. The Hall–Kier alpha value is -1.39. The third kappa shape index (κ3) is 2.15. The van der Waals surface area contributed by atoms with Crippen LogP contribution in [-0.2, 0) is 4.79 Å². The summed E-state index contributed by atoms with van der Waals surface area (Å²) in [5.41, 5.74) is 0. The summed E-state index contributed by atoms with van der Waals surface area (Å²) in [6, 6.07) is 0.514. The molecule has 1 N–H and O–H groups in total. The van der Waals surface area contributed by atoms with Crippen molar-refractivity contribution in [3.63, 3.8) is 0 Å². The van der Waals surface area contributed by atoms with Crippen molar-refractivity contribution in [2.24, 2.45) is 11.8 Å². The molecule has 2 aliphatic rings. The van der Waals surface area contributed by atoms with Gasteiger partial charge in [-0.3, -0.25) is 4.79 Å². The highest BCUT2D eigenvalue weighted by molar-refractivity contribution is 5.71. The number of nitrogens with zero attached hydrogens (tertiary/aromatic N) is 3. The smallest absolute Gasteiger partial charge is 0.307 e. The van der Waals surface area contributed by atoms with Gasteiger partial charge in [-0.25, -0.2) is 0 Å². The molecule has 2 saturated carbocycles. The molecule has 19 heavy (non-hydrogen) atoms. The Morgan fingerprint density at radius 2 is 2.11 bits per heavy atom. The molecule has 3 rings (SSSR count). The molecule has 0 radical (unpaired) electrons. The van der Waals surface area contributed by atoms with E-state index in [-0.39, 0.29) is 11.8 Å². The molecule has 5 nitrogen and oxygen atoms in total. The summed E-state index contributed by atoms with van der Waals surface area (Å²) in [4.78, 5) is 11.5. The zero-order valence-electron chi connectivity index (χ0n) is 11.5. The fourth-order valence-electron chi connectivity index (χ4n) is 3.46. The van der Waals surface area contributed by atoms with Crippen molar-refractivity contribution in [3.05, 3.63) is 11.6 Å². The van der Waals surface area contributed by atoms with Crippen molar-refractivity contribution in [2.45, 2.75) is 57.9 Å². The average molecular weight is 263 g/mol. The number of carboxylic acids is 1. The summed E-state index contributed by atoms with van der Waals surface area (Å²) in [6.07, 6.45) is 5.13. The molecule has 0 saturated heterocycles. The van der Waals surface area contributed by atoms with E-state index in [2.05, 4.69) is 21.7 Å². The van der Waals surface area contributed by atoms with Crippen LogP contribution >= 0.6 is 0 Å². The fourth-order valence-corrected chi connectivity index (χ4v) is 3.46. The minimum Gasteiger partial charge on any atom is -0.481 e. The average Bonchev–Trinajstić information content (AvgIpc) is 3.00. The van der Waals surface area contributed by atoms with Gasteiger partial charge >= 0.3 is 5.97 Å². The number of aliphatic carboxylic acids is 1. The minimum atomic E-state index is -0.677. The van der Waals surface area contributed by atoms with Crippen molar-refractivity contribution in [1.82, 2.24) is 14.8 Å². The van der Waals surface area contributed by atoms with Gasteiger partial charge in [0.15, 0.2) is 0 Å². The maximum Gasteiger partial charge on any atom is 0.307 e. The molecule has 5 heteroatoms. The lowest BCUT2D eigenvalue weighted by atomic mass is 9.95. The van der Waals surface area contributed by atoms with Crippen LogP contribution in [0.25, 0.3) is 0 Å². The second-order valence-electron chi connectivity index (χ2n) is 6.00. The van der Waals surface area contributed by atoms with Gasteiger partial charge in [0, 0.05) is 12.0 Å². The van der Waals surface area contributed by atoms with E-state index in [1.54, 1.807) is 0 Å². The largest absolute Gasteiger partial charge is 0.481 e. The number of aryl methyl sites for hydroxylation is 1. The molecule has 2 fully saturated rings. The second kappa shape index (κ2) is 4.62. The van der Waals surface area contributed by atoms with Crippen molar-refractivity contribution in [2.75, 3.05) is 0 Å². The molecular weight excluding hydrogens is 242 g/mol. The van der Waals surface area contributed by atoms with Gasteiger partial charge < -0.3 is 9.67 Å². The molecule has 104 valence electrons. The van der Waals surface area contributed by atoms with Gasteiger partial charge in [-0.05, 0) is 38.5 Å². The Morgan fingerprint density at radius 1 is 1.37 bits per heavy atom. The summed E-state index contributed by atoms with van der Waals surface area (Å²) in [5, 5.41) is 17.9. The zero-order chi connectivity index (χ0) is 13.6. The maximum absolute atomic E-state index is 11.5. The molecule has 0 spiro atoms. The van der Waals surface area contributed by atoms with Crippen molar-refractivity contribution >= 4 is 5.97 Å². The molecule has 3 unspecified atom stereocenters. The number of rotatable bonds is 4. The first kappa shape index (κ1) is 12.6. The quantitative estimate of drug-likeness (QED) is 0.906. The monoisotopic (exact) mass is 263 g/mol. The van der Waals surface area contributed by atoms with Gasteiger partial charge in [0.25, 0.3) is 0 Å². The number of carbonyl (C=O) groups is 1. The third-order valence-electron chi connectivity index (χ3n) is 4.69. The van der Waals surface area contributed by atoms with E-state index < -0.39 is 5.97 Å². The van der Waals surface area contributed by atoms with E-state index in [4.69, 9.17) is 0 Å². The zero-order valence-corrected chi connectivity index (χ0v) is 11.5. The highest BCUT2D eigenvalue weighted by Gasteiger charge is 2.43. The van der Waals surface area contributed by atoms with Gasteiger partial charge in [-0.2, -0.15) is 0 Å². The lowest BCUT2D eigenvalue weighted by Gasteiger charge is -2.16. The fraction of sp³-hybridized carbons (Fsp3) is 0.786. The van der Waals surface area contributed by atoms with Crippen molar-refractivity contribution in [3.8, 4) is 0 Å². The standard InChI is InChI=1S/C14H21N3O2/c1-3-9-6-11(12(7-9)14(18)19)13-16-15-8(2)17(13)10-4-5-10/h9-12H,3-7H2,1-2H3,(H,18,19). The number of hydrogen-bond acceptors (Lipinski definition) is 3. The van der Waals surface area contributed by atoms with E-state index >= 15 is 0 Å². The van der Waals surface area contributed by atoms with Gasteiger partial charge in [-0.1, -0.05) is 13.3 Å². The first-order chi connectivity index (χ1) is 9.11. The molecule has 1 aromatic heterocycles. The molecule has 1 aromatic rings. The topological polar surface area (TPSA) is 68.0 Å². The molecular formula is C14H21N3O2. The lowest BCUT2D eigenvalue weighted by Crippen LogP contribution is -2.20. The van der Waals surface area contributed by atoms with E-state index in [0.717, 1.165) is 30.9 Å². The number of aromatic nitrogens is 3. The number of hydrogen-bond donors (Lipinski definition) is 1. The van der Waals surface area contributed by atoms with Crippen LogP contribution in [0.1, 0.15) is 62.6 Å². The minimum absolute atomic E-state index is 0.0456. The van der Waals surface area contributed by atoms with E-state index in [0.29, 0.717) is 12.0 Å². The molecule has 0 aliphatic heterocycles. The lowest BCUT2D eigenvalue weighted by molar-refractivity contribution is -0.142. The maximum atomic E-state index is 11.5. The Bertz CT molecular complexity index is 493. The number of carboxylic acid groups (broad SMARTS) is 1. The van der Waals surface area contributed by atoms with Crippen molar-refractivity contribution in [1.29, 1.82) is 0 Å². The first-order valence-electron chi connectivity index (χ1n) is 7.26. The predicted molar refractivity (Wildman–Crippen MR) is 69.9 cm³/mol. The van der Waals surface area contributed by atoms with Crippen LogP contribution in [0.15, 0.2) is 0 Å². The van der Waals surface area contributed by atoms with Gasteiger partial charge in [0.1, 0.15) is 11.6 Å². The normalized spacial score (nSPS) is 30.7. The Morgan fingerprint density at radius 3 is 2.68 bits per heavy atom. The summed E-state index contributed by atoms with van der Waals surface area (Å²) in [5.74, 6) is 1.44. The van der Waals surface area contributed by atoms with Crippen LogP contribution in [0, 0.1) is 18.8 Å². The van der Waals surface area contributed by atoms with Crippen LogP contribution < -0.4 is 0 Å². The summed E-state index contributed by atoms with van der Waals surface area (Å²) in [7, 11) is 0. The van der Waals surface area contributed by atoms with Crippen LogP contribution in [0.5, 0.6) is 0 Å². The Kier molecular flexibility index (Phi) is 3.07. The highest BCUT2D eigenvalue weighted by atomic mass is 16.4. The van der Waals surface area contributed by atoms with E-state index in [1.807, 2.05) is 6.92 Å². The van der Waals surface area contributed by atoms with Gasteiger partial charge in [-0.15, -0.1) is 10.2 Å². The molecule has 2 aliphatic carbocycles. The summed E-state index contributed by atoms with van der Waals surface area (Å²) < 4.78 is 2.19. The SMILES string of the molecule is CCC1CC(C(=O)O)C(c2nnc(C)n2C2CC2)C1. The molecule has 1 heterocycles. The van der Waals surface area contributed by atoms with E-state index in [1.165, 1.54) is 12.8 Å². The predicted octanol–water partition coefficient (Wildman–Crippen LogP) is 2.53. The van der Waals surface area contributed by atoms with Crippen molar-refractivity contribution < 1.29 is 9.90 Å². The summed E-state index contributed by atoms with van der Waals surface area (Å²) in [6.45, 7) is 4.11. The Balaban J connectivity index is 1.93. The second-order valence-corrected chi connectivity index (χ2v) is 6.00. The van der Waals surface area contributed by atoms with Gasteiger partial charge in [0.2, 0.25) is 0 Å². The van der Waals surface area contributed by atoms with Crippen LogP contribution in [0.2, 0.25) is 0 Å². The molecule has 3 atom stereocenters. The highest BCUT2D eigenvalue weighted by Crippen LogP contribution is 2.46. The Labute approximate surface area is 113 Å². The third-order valence-corrected chi connectivity index (χ3v) is 4.69. The first-order valence-corrected chi connectivity index (χ1v) is 7.26. The van der Waals surface area contributed by atoms with E-state index in [9.17, 15) is 9.90 Å². The molecule has 0 amide bonds. The molecule has 0 bridgehead atoms. The van der Waals surface area contributed by atoms with Gasteiger partial charge in [0.05, 0.1) is 5.92 Å². The van der Waals surface area contributed by atoms with Crippen LogP contribution in [0.3, 0.4) is 0 Å². The van der Waals surface area contributed by atoms with Crippen LogP contribution in [-0.4, -0.2) is 25.8 Å². The molecule has 0 aromatic carbocycles.